The maximum atomic E-state index is 13.1. The minimum atomic E-state index is -3.86. The lowest BCUT2D eigenvalue weighted by atomic mass is 9.85. The molecule has 1 aromatic carbocycles. The van der Waals surface area contributed by atoms with E-state index in [0.29, 0.717) is 35.4 Å². The second kappa shape index (κ2) is 14.2. The molecule has 10 heteroatoms. The highest BCUT2D eigenvalue weighted by Crippen LogP contribution is 2.28. The zero-order valence-electron chi connectivity index (χ0n) is 23.7. The van der Waals surface area contributed by atoms with Crippen molar-refractivity contribution < 1.29 is 22.7 Å². The van der Waals surface area contributed by atoms with Crippen LogP contribution >= 0.6 is 0 Å². The van der Waals surface area contributed by atoms with E-state index in [1.54, 1.807) is 37.9 Å². The van der Waals surface area contributed by atoms with Crippen molar-refractivity contribution in [1.82, 2.24) is 19.4 Å². The highest BCUT2D eigenvalue weighted by molar-refractivity contribution is 7.89. The number of nitrogens with zero attached hydrogens (tertiary/aromatic N) is 3. The van der Waals surface area contributed by atoms with Crippen LogP contribution in [0.15, 0.2) is 17.0 Å². The van der Waals surface area contributed by atoms with Crippen molar-refractivity contribution in [2.24, 2.45) is 5.92 Å². The topological polar surface area (TPSA) is 99.3 Å². The minimum Gasteiger partial charge on any atom is -0.497 e. The quantitative estimate of drug-likeness (QED) is 0.388. The number of likely N-dealkylation sites (N-methyl/N-ethyl adjacent to an activating group) is 2. The van der Waals surface area contributed by atoms with Crippen molar-refractivity contribution >= 4 is 21.7 Å². The molecule has 1 saturated carbocycles. The fourth-order valence-electron chi connectivity index (χ4n) is 4.97. The van der Waals surface area contributed by atoms with Gasteiger partial charge in [0.2, 0.25) is 15.9 Å². The number of benzene rings is 1. The first-order chi connectivity index (χ1) is 17.3. The Bertz CT molecular complexity index is 997. The van der Waals surface area contributed by atoms with Gasteiger partial charge in [0.05, 0.1) is 18.6 Å². The van der Waals surface area contributed by atoms with Gasteiger partial charge in [0.15, 0.2) is 0 Å². The van der Waals surface area contributed by atoms with E-state index in [1.807, 2.05) is 0 Å². The number of rotatable bonds is 14. The number of amides is 1. The first-order valence-electron chi connectivity index (χ1n) is 13.1. The summed E-state index contributed by atoms with van der Waals surface area (Å²) in [6.07, 6.45) is 4.52. The lowest BCUT2D eigenvalue weighted by molar-refractivity contribution is -0.132. The van der Waals surface area contributed by atoms with Crippen molar-refractivity contribution in [3.05, 3.63) is 23.3 Å². The number of hydrogen-bond donors (Lipinski definition) is 1. The van der Waals surface area contributed by atoms with Crippen LogP contribution in [-0.2, 0) is 19.6 Å². The summed E-state index contributed by atoms with van der Waals surface area (Å²) in [4.78, 5) is 29.3. The third kappa shape index (κ3) is 9.35. The van der Waals surface area contributed by atoms with E-state index in [4.69, 9.17) is 4.74 Å². The number of ketones is 1. The average molecular weight is 539 g/mol. The van der Waals surface area contributed by atoms with Crippen molar-refractivity contribution in [2.45, 2.75) is 63.3 Å². The van der Waals surface area contributed by atoms with Gasteiger partial charge in [-0.3, -0.25) is 9.59 Å². The first kappa shape index (κ1) is 31.2. The molecule has 9 nitrogen and oxygen atoms in total. The molecule has 37 heavy (non-hydrogen) atoms. The third-order valence-corrected chi connectivity index (χ3v) is 9.26. The molecular formula is C27H46N4O5S. The van der Waals surface area contributed by atoms with E-state index in [9.17, 15) is 18.0 Å². The lowest BCUT2D eigenvalue weighted by Crippen LogP contribution is -2.40. The summed E-state index contributed by atoms with van der Waals surface area (Å²) in [6, 6.07) is 3.88. The standard InChI is InChI=1S/C27H46N4O5S/c1-20-16-25(36-7)17-21(2)27(20)37(34,35)31(6)19-24(32)12-13-26(33)30(5)18-22-8-10-23(11-9-22)28-14-15-29(3)4/h16-17,22-23,28H,8-15,18-19H2,1-7H3. The Morgan fingerprint density at radius 1 is 1.00 bits per heavy atom. The van der Waals surface area contributed by atoms with Gasteiger partial charge in [0.1, 0.15) is 11.5 Å². The fraction of sp³-hybridized carbons (Fsp3) is 0.704. The molecule has 0 heterocycles. The monoisotopic (exact) mass is 538 g/mol. The lowest BCUT2D eigenvalue weighted by Gasteiger charge is -2.32. The molecule has 0 spiro atoms. The number of carbonyl (C=O) groups excluding carboxylic acids is 2. The Morgan fingerprint density at radius 2 is 1.59 bits per heavy atom. The van der Waals surface area contributed by atoms with Crippen LogP contribution < -0.4 is 10.1 Å². The summed E-state index contributed by atoms with van der Waals surface area (Å²) in [7, 11) is 5.01. The Morgan fingerprint density at radius 3 is 2.14 bits per heavy atom. The fourth-order valence-corrected chi connectivity index (χ4v) is 6.53. The zero-order valence-corrected chi connectivity index (χ0v) is 24.5. The molecule has 0 unspecified atom stereocenters. The number of hydrogen-bond acceptors (Lipinski definition) is 7. The predicted octanol–water partition coefficient (Wildman–Crippen LogP) is 2.45. The molecule has 1 aliphatic rings. The highest BCUT2D eigenvalue weighted by Gasteiger charge is 2.28. The van der Waals surface area contributed by atoms with Crippen LogP contribution in [0.5, 0.6) is 5.75 Å². The molecule has 0 aromatic heterocycles. The van der Waals surface area contributed by atoms with Crippen LogP contribution in [0.25, 0.3) is 0 Å². The minimum absolute atomic E-state index is 0.0200. The number of sulfonamides is 1. The molecule has 210 valence electrons. The molecular weight excluding hydrogens is 492 g/mol. The molecule has 1 aliphatic carbocycles. The smallest absolute Gasteiger partial charge is 0.243 e. The van der Waals surface area contributed by atoms with Gasteiger partial charge in [-0.05, 0) is 82.8 Å². The maximum absolute atomic E-state index is 13.1. The number of ether oxygens (including phenoxy) is 1. The third-order valence-electron chi connectivity index (χ3n) is 7.15. The number of methoxy groups -OCH3 is 1. The first-order valence-corrected chi connectivity index (χ1v) is 14.5. The van der Waals surface area contributed by atoms with Gasteiger partial charge in [-0.2, -0.15) is 4.31 Å². The Hall–Kier alpha value is -2.01. The number of nitrogens with one attached hydrogen (secondary N) is 1. The Kier molecular flexibility index (Phi) is 12.0. The summed E-state index contributed by atoms with van der Waals surface area (Å²) in [6.45, 7) is 5.86. The van der Waals surface area contributed by atoms with Crippen molar-refractivity contribution in [3.63, 3.8) is 0 Å². The predicted molar refractivity (Wildman–Crippen MR) is 146 cm³/mol. The number of aryl methyl sites for hydroxylation is 2. The van der Waals surface area contributed by atoms with E-state index in [-0.39, 0.29) is 36.0 Å². The number of carbonyl (C=O) groups is 2. The van der Waals surface area contributed by atoms with Crippen LogP contribution in [0.3, 0.4) is 0 Å². The molecule has 0 radical (unpaired) electrons. The van der Waals surface area contributed by atoms with E-state index < -0.39 is 10.0 Å². The van der Waals surface area contributed by atoms with Crippen molar-refractivity contribution in [1.29, 1.82) is 0 Å². The summed E-state index contributed by atoms with van der Waals surface area (Å²) in [5.41, 5.74) is 1.12. The normalized spacial score (nSPS) is 18.3. The summed E-state index contributed by atoms with van der Waals surface area (Å²) < 4.78 is 32.6. The van der Waals surface area contributed by atoms with Crippen molar-refractivity contribution in [3.8, 4) is 5.75 Å². The van der Waals surface area contributed by atoms with E-state index in [2.05, 4.69) is 24.3 Å². The molecule has 1 aromatic rings. The van der Waals surface area contributed by atoms with Crippen LogP contribution in [0, 0.1) is 19.8 Å². The zero-order chi connectivity index (χ0) is 27.8. The molecule has 1 amide bonds. The van der Waals surface area contributed by atoms with E-state index >= 15 is 0 Å². The molecule has 2 rings (SSSR count). The average Bonchev–Trinajstić information content (AvgIpc) is 2.82. The number of Topliss-reactive ketones (excluding diaryl/α,β-unsaturated/α-hetero) is 1. The molecule has 1 fully saturated rings. The molecule has 0 atom stereocenters. The second-order valence-electron chi connectivity index (χ2n) is 10.6. The largest absolute Gasteiger partial charge is 0.497 e. The maximum Gasteiger partial charge on any atom is 0.243 e. The summed E-state index contributed by atoms with van der Waals surface area (Å²) in [5, 5.41) is 3.62. The van der Waals surface area contributed by atoms with Gasteiger partial charge in [-0.25, -0.2) is 8.42 Å². The van der Waals surface area contributed by atoms with Gasteiger partial charge in [0.25, 0.3) is 0 Å². The van der Waals surface area contributed by atoms with Gasteiger partial charge < -0.3 is 19.9 Å². The Labute approximate surface area is 223 Å². The van der Waals surface area contributed by atoms with Crippen LogP contribution in [0.1, 0.15) is 49.7 Å². The second-order valence-corrected chi connectivity index (χ2v) is 12.6. The van der Waals surface area contributed by atoms with Gasteiger partial charge in [-0.1, -0.05) is 0 Å². The van der Waals surface area contributed by atoms with E-state index in [0.717, 1.165) is 43.1 Å². The van der Waals surface area contributed by atoms with E-state index in [1.165, 1.54) is 14.2 Å². The van der Waals surface area contributed by atoms with Gasteiger partial charge >= 0.3 is 0 Å². The van der Waals surface area contributed by atoms with Crippen molar-refractivity contribution in [2.75, 3.05) is 61.5 Å². The van der Waals surface area contributed by atoms with Crippen LogP contribution in [-0.4, -0.2) is 102 Å². The van der Waals surface area contributed by atoms with Crippen LogP contribution in [0.4, 0.5) is 0 Å². The highest BCUT2D eigenvalue weighted by atomic mass is 32.2. The molecule has 1 N–H and O–H groups in total. The molecule has 0 aliphatic heterocycles. The van der Waals surface area contributed by atoms with Gasteiger partial charge in [0, 0.05) is 52.6 Å². The summed E-state index contributed by atoms with van der Waals surface area (Å²) in [5.74, 6) is 0.705. The summed E-state index contributed by atoms with van der Waals surface area (Å²) >= 11 is 0. The Balaban J connectivity index is 1.79. The SMILES string of the molecule is COc1cc(C)c(S(=O)(=O)N(C)CC(=O)CCC(=O)N(C)CC2CCC(NCCN(C)C)CC2)c(C)c1. The van der Waals surface area contributed by atoms with Gasteiger partial charge in [-0.15, -0.1) is 0 Å². The molecule has 0 bridgehead atoms. The molecule has 0 saturated heterocycles. The van der Waals surface area contributed by atoms with Crippen LogP contribution in [0.2, 0.25) is 0 Å².